The van der Waals surface area contributed by atoms with Crippen LogP contribution >= 0.6 is 0 Å². The second-order valence-electron chi connectivity index (χ2n) is 12.9. The van der Waals surface area contributed by atoms with Crippen molar-refractivity contribution >= 4 is 58.2 Å². The lowest BCUT2D eigenvalue weighted by Crippen LogP contribution is -2.29. The molecular formula is C44H42N4O12. The lowest BCUT2D eigenvalue weighted by atomic mass is 10.1. The molecule has 6 amide bonds. The summed E-state index contributed by atoms with van der Waals surface area (Å²) >= 11 is 0. The van der Waals surface area contributed by atoms with E-state index in [0.717, 1.165) is 9.80 Å². The van der Waals surface area contributed by atoms with Gasteiger partial charge in [0.15, 0.2) is 0 Å². The van der Waals surface area contributed by atoms with Crippen molar-refractivity contribution in [2.75, 3.05) is 86.5 Å². The Hall–Kier alpha value is -6.98. The van der Waals surface area contributed by atoms with Crippen molar-refractivity contribution in [3.63, 3.8) is 0 Å². The van der Waals surface area contributed by atoms with Gasteiger partial charge in [0, 0.05) is 46.8 Å². The normalized spacial score (nSPS) is 13.3. The van der Waals surface area contributed by atoms with E-state index >= 15 is 0 Å². The van der Waals surface area contributed by atoms with Gasteiger partial charge < -0.3 is 39.1 Å². The van der Waals surface area contributed by atoms with E-state index in [9.17, 15) is 28.8 Å². The lowest BCUT2D eigenvalue weighted by molar-refractivity contribution is -0.121. The molecule has 310 valence electrons. The SMILES string of the molecule is O=C(Nc1ccc(OCCOCCOCCOCCOCCOc2ccc(NC(=O)c3ccc(N4C(=O)C=CC4=O)cc3)cc2)cc1)c1ccc(N2C(=O)C=CC2=O)cc1. The van der Waals surface area contributed by atoms with E-state index in [-0.39, 0.29) is 11.8 Å². The molecule has 6 rings (SSSR count). The van der Waals surface area contributed by atoms with Crippen molar-refractivity contribution in [3.8, 4) is 11.5 Å². The van der Waals surface area contributed by atoms with Gasteiger partial charge in [-0.25, -0.2) is 9.80 Å². The molecule has 0 radical (unpaired) electrons. The number of carbonyl (C=O) groups excluding carboxylic acids is 6. The third-order valence-electron chi connectivity index (χ3n) is 8.73. The highest BCUT2D eigenvalue weighted by Crippen LogP contribution is 2.23. The average Bonchev–Trinajstić information content (AvgIpc) is 3.79. The summed E-state index contributed by atoms with van der Waals surface area (Å²) < 4.78 is 33.5. The fourth-order valence-electron chi connectivity index (χ4n) is 5.71. The van der Waals surface area contributed by atoms with Crippen molar-refractivity contribution in [3.05, 3.63) is 132 Å². The van der Waals surface area contributed by atoms with Crippen LogP contribution in [0.4, 0.5) is 22.7 Å². The Balaban J connectivity index is 0.720. The van der Waals surface area contributed by atoms with Crippen LogP contribution in [0.1, 0.15) is 20.7 Å². The van der Waals surface area contributed by atoms with E-state index in [1.807, 2.05) is 0 Å². The zero-order valence-electron chi connectivity index (χ0n) is 32.4. The number of amides is 6. The van der Waals surface area contributed by atoms with Gasteiger partial charge in [0.05, 0.1) is 64.2 Å². The topological polar surface area (TPSA) is 188 Å². The van der Waals surface area contributed by atoms with E-state index in [1.165, 1.54) is 24.3 Å². The van der Waals surface area contributed by atoms with Crippen LogP contribution in [-0.4, -0.2) is 102 Å². The molecule has 0 saturated carbocycles. The van der Waals surface area contributed by atoms with Gasteiger partial charge in [-0.15, -0.1) is 0 Å². The van der Waals surface area contributed by atoms with Gasteiger partial charge in [0.25, 0.3) is 35.4 Å². The first-order valence-corrected chi connectivity index (χ1v) is 19.0. The van der Waals surface area contributed by atoms with E-state index in [1.54, 1.807) is 97.1 Å². The summed E-state index contributed by atoms with van der Waals surface area (Å²) in [6.07, 6.45) is 4.81. The Labute approximate surface area is 345 Å². The fraction of sp³-hybridized carbons (Fsp3) is 0.227. The largest absolute Gasteiger partial charge is 0.491 e. The van der Waals surface area contributed by atoms with Crippen LogP contribution < -0.4 is 29.9 Å². The number of hydrogen-bond acceptors (Lipinski definition) is 12. The Bertz CT molecular complexity index is 2000. The van der Waals surface area contributed by atoms with Gasteiger partial charge in [0.2, 0.25) is 0 Å². The van der Waals surface area contributed by atoms with Gasteiger partial charge in [-0.05, 0) is 97.1 Å². The molecule has 0 unspecified atom stereocenters. The second-order valence-corrected chi connectivity index (χ2v) is 12.9. The predicted molar refractivity (Wildman–Crippen MR) is 219 cm³/mol. The van der Waals surface area contributed by atoms with Crippen LogP contribution in [0.15, 0.2) is 121 Å². The molecule has 0 bridgehead atoms. The van der Waals surface area contributed by atoms with Gasteiger partial charge in [-0.2, -0.15) is 0 Å². The van der Waals surface area contributed by atoms with Crippen molar-refractivity contribution in [1.82, 2.24) is 0 Å². The molecule has 60 heavy (non-hydrogen) atoms. The number of anilines is 4. The number of benzene rings is 4. The summed E-state index contributed by atoms with van der Waals surface area (Å²) in [5, 5.41) is 5.60. The molecule has 0 aromatic heterocycles. The van der Waals surface area contributed by atoms with Crippen molar-refractivity contribution < 1.29 is 57.2 Å². The van der Waals surface area contributed by atoms with Crippen LogP contribution in [0.25, 0.3) is 0 Å². The number of imide groups is 2. The fourth-order valence-corrected chi connectivity index (χ4v) is 5.71. The minimum atomic E-state index is -0.423. The number of hydrogen-bond donors (Lipinski definition) is 2. The van der Waals surface area contributed by atoms with E-state index in [2.05, 4.69) is 10.6 Å². The Morgan fingerprint density at radius 1 is 0.383 bits per heavy atom. The zero-order chi connectivity index (χ0) is 42.1. The first kappa shape index (κ1) is 42.6. The molecular weight excluding hydrogens is 776 g/mol. The summed E-state index contributed by atoms with van der Waals surface area (Å²) in [5.74, 6) is -1.13. The molecule has 16 nitrogen and oxygen atoms in total. The minimum absolute atomic E-state index is 0.336. The smallest absolute Gasteiger partial charge is 0.258 e. The van der Waals surface area contributed by atoms with Crippen LogP contribution in [0.3, 0.4) is 0 Å². The molecule has 16 heteroatoms. The van der Waals surface area contributed by atoms with E-state index in [4.69, 9.17) is 28.4 Å². The zero-order valence-corrected chi connectivity index (χ0v) is 32.4. The van der Waals surface area contributed by atoms with Gasteiger partial charge in [-0.1, -0.05) is 0 Å². The highest BCUT2D eigenvalue weighted by molar-refractivity contribution is 6.29. The average molecular weight is 819 g/mol. The number of rotatable bonds is 23. The number of ether oxygens (including phenoxy) is 6. The molecule has 4 aromatic rings. The maximum atomic E-state index is 12.6. The molecule has 2 heterocycles. The monoisotopic (exact) mass is 818 g/mol. The van der Waals surface area contributed by atoms with Crippen LogP contribution in [-0.2, 0) is 38.1 Å². The number of nitrogens with one attached hydrogen (secondary N) is 2. The highest BCUT2D eigenvalue weighted by Gasteiger charge is 2.26. The molecule has 0 spiro atoms. The number of carbonyl (C=O) groups is 6. The van der Waals surface area contributed by atoms with Gasteiger partial charge in [0.1, 0.15) is 24.7 Å². The molecule has 0 aliphatic carbocycles. The standard InChI is InChI=1S/C44H42N4O12/c49-39-17-18-40(50)47(39)35-9-1-31(2-10-35)43(53)45-33-5-13-37(14-6-33)59-29-27-57-25-23-55-21-22-56-24-26-58-28-30-60-38-15-7-34(8-16-38)46-44(54)32-3-11-36(12-4-32)48-41(51)19-20-42(48)52/h1-20H,21-30H2,(H,45,53)(H,46,54). The summed E-state index contributed by atoms with van der Waals surface area (Å²) in [6.45, 7) is 3.87. The maximum absolute atomic E-state index is 12.6. The Morgan fingerprint density at radius 3 is 0.967 bits per heavy atom. The molecule has 2 aliphatic rings. The quantitative estimate of drug-likeness (QED) is 0.0785. The minimum Gasteiger partial charge on any atom is -0.491 e. The van der Waals surface area contributed by atoms with Gasteiger partial charge >= 0.3 is 0 Å². The third-order valence-corrected chi connectivity index (χ3v) is 8.73. The van der Waals surface area contributed by atoms with Crippen molar-refractivity contribution in [2.45, 2.75) is 0 Å². The van der Waals surface area contributed by atoms with Crippen LogP contribution in [0.5, 0.6) is 11.5 Å². The predicted octanol–water partition coefficient (Wildman–Crippen LogP) is 4.57. The van der Waals surface area contributed by atoms with Crippen LogP contribution in [0, 0.1) is 0 Å². The van der Waals surface area contributed by atoms with Crippen LogP contribution in [0.2, 0.25) is 0 Å². The Kier molecular flexibility index (Phi) is 15.4. The molecule has 2 N–H and O–H groups in total. The first-order chi connectivity index (χ1) is 29.2. The van der Waals surface area contributed by atoms with E-state index < -0.39 is 23.6 Å². The highest BCUT2D eigenvalue weighted by atomic mass is 16.6. The molecule has 0 saturated heterocycles. The summed E-state index contributed by atoms with van der Waals surface area (Å²) in [5.41, 5.74) is 2.68. The number of nitrogens with zero attached hydrogens (tertiary/aromatic N) is 2. The van der Waals surface area contributed by atoms with E-state index in [0.29, 0.717) is 111 Å². The molecule has 0 atom stereocenters. The third kappa shape index (κ3) is 12.3. The molecule has 4 aromatic carbocycles. The lowest BCUT2D eigenvalue weighted by Gasteiger charge is -2.14. The molecule has 0 fully saturated rings. The summed E-state index contributed by atoms with van der Waals surface area (Å²) in [6, 6.07) is 26.2. The summed E-state index contributed by atoms with van der Waals surface area (Å²) in [4.78, 5) is 74.8. The first-order valence-electron chi connectivity index (χ1n) is 19.0. The van der Waals surface area contributed by atoms with Gasteiger partial charge in [-0.3, -0.25) is 28.8 Å². The molecule has 2 aliphatic heterocycles. The Morgan fingerprint density at radius 2 is 0.667 bits per heavy atom. The van der Waals surface area contributed by atoms with Crippen molar-refractivity contribution in [2.24, 2.45) is 0 Å². The second kappa shape index (κ2) is 21.7. The van der Waals surface area contributed by atoms with Crippen molar-refractivity contribution in [1.29, 1.82) is 0 Å². The summed E-state index contributed by atoms with van der Waals surface area (Å²) in [7, 11) is 0. The maximum Gasteiger partial charge on any atom is 0.258 e.